The van der Waals surface area contributed by atoms with Gasteiger partial charge in [0.05, 0.1) is 5.52 Å². The molecule has 0 bridgehead atoms. The van der Waals surface area contributed by atoms with Crippen LogP contribution in [0.25, 0.3) is 22.0 Å². The molecular weight excluding hydrogens is 436 g/mol. The Labute approximate surface area is 187 Å². The molecule has 3 aromatic rings. The van der Waals surface area contributed by atoms with E-state index in [4.69, 9.17) is 0 Å². The highest BCUT2D eigenvalue weighted by molar-refractivity contribution is 5.92. The Morgan fingerprint density at radius 1 is 1.03 bits per heavy atom. The van der Waals surface area contributed by atoms with Crippen LogP contribution in [0.5, 0.6) is 0 Å². The number of aromatic nitrogens is 2. The zero-order valence-corrected chi connectivity index (χ0v) is 17.7. The van der Waals surface area contributed by atoms with E-state index in [1.807, 2.05) is 18.2 Å². The number of fused-ring (bicyclic) bond motifs is 1. The third-order valence-electron chi connectivity index (χ3n) is 5.93. The third kappa shape index (κ3) is 5.07. The van der Waals surface area contributed by atoms with Gasteiger partial charge in [-0.3, -0.25) is 4.79 Å². The van der Waals surface area contributed by atoms with Gasteiger partial charge in [-0.05, 0) is 61.1 Å². The first-order valence-corrected chi connectivity index (χ1v) is 10.9. The van der Waals surface area contributed by atoms with E-state index in [9.17, 15) is 22.4 Å². The third-order valence-corrected chi connectivity index (χ3v) is 5.93. The minimum atomic E-state index is -4.59. The molecule has 2 aliphatic carbocycles. The van der Waals surface area contributed by atoms with Crippen LogP contribution in [-0.4, -0.2) is 39.0 Å². The number of nitrogens with zero attached hydrogens (tertiary/aromatic N) is 3. The van der Waals surface area contributed by atoms with Crippen molar-refractivity contribution in [2.45, 2.75) is 56.9 Å². The van der Waals surface area contributed by atoms with E-state index in [0.29, 0.717) is 24.4 Å². The molecule has 5 nitrogen and oxygen atoms in total. The lowest BCUT2D eigenvalue weighted by atomic mass is 10.0. The predicted molar refractivity (Wildman–Crippen MR) is 116 cm³/mol. The molecule has 1 heterocycles. The van der Waals surface area contributed by atoms with Crippen molar-refractivity contribution in [3.05, 3.63) is 54.1 Å². The second-order valence-corrected chi connectivity index (χ2v) is 8.72. The lowest BCUT2D eigenvalue weighted by molar-refractivity contribution is -0.162. The summed E-state index contributed by atoms with van der Waals surface area (Å²) < 4.78 is 52.9. The Balaban J connectivity index is 1.44. The van der Waals surface area contributed by atoms with Gasteiger partial charge in [0.2, 0.25) is 5.91 Å². The van der Waals surface area contributed by atoms with Crippen LogP contribution in [0.1, 0.15) is 37.7 Å². The van der Waals surface area contributed by atoms with Crippen molar-refractivity contribution >= 4 is 22.6 Å². The number of halogens is 4. The van der Waals surface area contributed by atoms with Crippen LogP contribution >= 0.6 is 0 Å². The molecule has 0 radical (unpaired) electrons. The summed E-state index contributed by atoms with van der Waals surface area (Å²) in [5.74, 6) is -0.831. The molecule has 2 saturated carbocycles. The van der Waals surface area contributed by atoms with Crippen molar-refractivity contribution in [2.24, 2.45) is 0 Å². The van der Waals surface area contributed by atoms with Gasteiger partial charge in [-0.25, -0.2) is 14.4 Å². The van der Waals surface area contributed by atoms with Gasteiger partial charge in [-0.2, -0.15) is 13.2 Å². The van der Waals surface area contributed by atoms with Crippen LogP contribution in [0.15, 0.2) is 42.7 Å². The van der Waals surface area contributed by atoms with Crippen molar-refractivity contribution in [1.29, 1.82) is 0 Å². The fourth-order valence-corrected chi connectivity index (χ4v) is 3.91. The molecule has 33 heavy (non-hydrogen) atoms. The molecule has 1 N–H and O–H groups in total. The number of amides is 1. The smallest absolute Gasteiger partial charge is 0.367 e. The molecule has 1 aromatic heterocycles. The summed E-state index contributed by atoms with van der Waals surface area (Å²) >= 11 is 0. The first-order chi connectivity index (χ1) is 15.8. The van der Waals surface area contributed by atoms with E-state index in [-0.39, 0.29) is 18.2 Å². The number of anilines is 1. The standard InChI is InChI=1S/C24H22F4N4O/c25-20-7-1-14(9-16(20)12-32(18-5-6-18)22(33)11-24(26,27)28)15-2-8-21-19(10-15)23(30-13-29-21)31-17-3-4-17/h1-2,7-10,13,17-18H,3-6,11-12H2,(H,29,30,31). The Hall–Kier alpha value is -3.23. The summed E-state index contributed by atoms with van der Waals surface area (Å²) in [6, 6.07) is 10.3. The van der Waals surface area contributed by atoms with E-state index >= 15 is 0 Å². The Kier molecular flexibility index (Phi) is 5.42. The number of carbonyl (C=O) groups is 1. The summed E-state index contributed by atoms with van der Waals surface area (Å²) in [6.45, 7) is -0.190. The number of hydrogen-bond donors (Lipinski definition) is 1. The van der Waals surface area contributed by atoms with Crippen LogP contribution in [0, 0.1) is 5.82 Å². The SMILES string of the molecule is O=C(CC(F)(F)F)N(Cc1cc(-c2ccc3ncnc(NC4CC4)c3c2)ccc1F)C1CC1. The van der Waals surface area contributed by atoms with Gasteiger partial charge in [0, 0.05) is 29.6 Å². The molecule has 9 heteroatoms. The van der Waals surface area contributed by atoms with E-state index in [0.717, 1.165) is 40.0 Å². The molecule has 0 unspecified atom stereocenters. The monoisotopic (exact) mass is 458 g/mol. The van der Waals surface area contributed by atoms with Crippen molar-refractivity contribution < 1.29 is 22.4 Å². The lowest BCUT2D eigenvalue weighted by Gasteiger charge is -2.24. The van der Waals surface area contributed by atoms with Gasteiger partial charge >= 0.3 is 6.18 Å². The van der Waals surface area contributed by atoms with Crippen LogP contribution in [0.4, 0.5) is 23.4 Å². The fourth-order valence-electron chi connectivity index (χ4n) is 3.91. The number of alkyl halides is 3. The van der Waals surface area contributed by atoms with Crippen molar-refractivity contribution in [1.82, 2.24) is 14.9 Å². The Bertz CT molecular complexity index is 1200. The van der Waals surface area contributed by atoms with Gasteiger partial charge in [0.25, 0.3) is 0 Å². The van der Waals surface area contributed by atoms with Crippen LogP contribution < -0.4 is 5.32 Å². The first kappa shape index (κ1) is 21.6. The van der Waals surface area contributed by atoms with Crippen molar-refractivity contribution in [3.63, 3.8) is 0 Å². The number of benzene rings is 2. The van der Waals surface area contributed by atoms with Gasteiger partial charge in [-0.1, -0.05) is 12.1 Å². The minimum Gasteiger partial charge on any atom is -0.367 e. The Morgan fingerprint density at radius 3 is 2.45 bits per heavy atom. The quantitative estimate of drug-likeness (QED) is 0.478. The Morgan fingerprint density at radius 2 is 1.76 bits per heavy atom. The second-order valence-electron chi connectivity index (χ2n) is 8.72. The van der Waals surface area contributed by atoms with Crippen LogP contribution in [0.3, 0.4) is 0 Å². The number of carbonyl (C=O) groups excluding carboxylic acids is 1. The van der Waals surface area contributed by atoms with Gasteiger partial charge in [0.15, 0.2) is 0 Å². The van der Waals surface area contributed by atoms with Crippen molar-refractivity contribution in [3.8, 4) is 11.1 Å². The maximum atomic E-state index is 14.6. The number of nitrogens with one attached hydrogen (secondary N) is 1. The predicted octanol–water partition coefficient (Wildman–Crippen LogP) is 5.45. The number of rotatable bonds is 7. The molecule has 0 atom stereocenters. The van der Waals surface area contributed by atoms with E-state index in [1.54, 1.807) is 12.1 Å². The average molecular weight is 458 g/mol. The lowest BCUT2D eigenvalue weighted by Crippen LogP contribution is -2.35. The highest BCUT2D eigenvalue weighted by Crippen LogP contribution is 2.34. The maximum Gasteiger partial charge on any atom is 0.397 e. The summed E-state index contributed by atoms with van der Waals surface area (Å²) in [7, 11) is 0. The topological polar surface area (TPSA) is 58.1 Å². The molecule has 2 aromatic carbocycles. The van der Waals surface area contributed by atoms with Crippen molar-refractivity contribution in [2.75, 3.05) is 5.32 Å². The first-order valence-electron chi connectivity index (χ1n) is 10.9. The molecule has 2 fully saturated rings. The molecule has 0 spiro atoms. The minimum absolute atomic E-state index is 0.190. The second kappa shape index (κ2) is 8.28. The largest absolute Gasteiger partial charge is 0.397 e. The van der Waals surface area contributed by atoms with Crippen LogP contribution in [-0.2, 0) is 11.3 Å². The molecule has 0 aliphatic heterocycles. The zero-order valence-electron chi connectivity index (χ0n) is 17.7. The van der Waals surface area contributed by atoms with E-state index < -0.39 is 24.3 Å². The zero-order chi connectivity index (χ0) is 23.2. The maximum absolute atomic E-state index is 14.6. The molecule has 5 rings (SSSR count). The average Bonchev–Trinajstić information content (AvgIpc) is 3.67. The molecule has 172 valence electrons. The molecule has 1 amide bonds. The summed E-state index contributed by atoms with van der Waals surface area (Å²) in [5.41, 5.74) is 2.47. The van der Waals surface area contributed by atoms with E-state index in [1.165, 1.54) is 12.4 Å². The fraction of sp³-hybridized carbons (Fsp3) is 0.375. The summed E-state index contributed by atoms with van der Waals surface area (Å²) in [6.07, 6.45) is -1.17. The van der Waals surface area contributed by atoms with Crippen LogP contribution in [0.2, 0.25) is 0 Å². The number of hydrogen-bond acceptors (Lipinski definition) is 4. The molecule has 2 aliphatic rings. The molecular formula is C24H22F4N4O. The van der Waals surface area contributed by atoms with Gasteiger partial charge in [0.1, 0.15) is 24.4 Å². The highest BCUT2D eigenvalue weighted by atomic mass is 19.4. The summed E-state index contributed by atoms with van der Waals surface area (Å²) in [4.78, 5) is 22.1. The van der Waals surface area contributed by atoms with Gasteiger partial charge in [-0.15, -0.1) is 0 Å². The normalized spacial score (nSPS) is 16.1. The highest BCUT2D eigenvalue weighted by Gasteiger charge is 2.39. The van der Waals surface area contributed by atoms with Gasteiger partial charge < -0.3 is 10.2 Å². The summed E-state index contributed by atoms with van der Waals surface area (Å²) in [5, 5.41) is 4.23. The van der Waals surface area contributed by atoms with E-state index in [2.05, 4.69) is 15.3 Å². The molecule has 0 saturated heterocycles.